The van der Waals surface area contributed by atoms with Gasteiger partial charge in [-0.2, -0.15) is 0 Å². The van der Waals surface area contributed by atoms with Gasteiger partial charge in [-0.25, -0.2) is 13.6 Å². The number of aromatic amines is 1. The summed E-state index contributed by atoms with van der Waals surface area (Å²) in [6.07, 6.45) is 0. The van der Waals surface area contributed by atoms with Gasteiger partial charge in [0.1, 0.15) is 0 Å². The van der Waals surface area contributed by atoms with Gasteiger partial charge in [0.15, 0.2) is 5.88 Å². The van der Waals surface area contributed by atoms with E-state index in [1.54, 1.807) is 37.3 Å². The zero-order valence-electron chi connectivity index (χ0n) is 12.6. The largest absolute Gasteiger partial charge is 0.494 e. The molecule has 3 aromatic rings. The second-order valence-electron chi connectivity index (χ2n) is 5.27. The lowest BCUT2D eigenvalue weighted by molar-refractivity contribution is 0.457. The molecule has 0 unspecified atom stereocenters. The van der Waals surface area contributed by atoms with E-state index in [2.05, 4.69) is 9.98 Å². The molecule has 6 nitrogen and oxygen atoms in total. The Morgan fingerprint density at radius 2 is 1.88 bits per heavy atom. The number of sulfonamides is 1. The van der Waals surface area contributed by atoms with E-state index >= 15 is 0 Å². The Bertz CT molecular complexity index is 1050. The smallest absolute Gasteiger partial charge is 0.238 e. The minimum absolute atomic E-state index is 0.00493. The Hall–Kier alpha value is -2.35. The van der Waals surface area contributed by atoms with E-state index in [4.69, 9.17) is 16.7 Å². The number of nitrogens with zero attached hydrogens (tertiary/aromatic N) is 1. The molecule has 24 heavy (non-hydrogen) atoms. The average Bonchev–Trinajstić information content (AvgIpc) is 2.82. The number of aromatic hydroxyl groups is 1. The maximum atomic E-state index is 11.3. The van der Waals surface area contributed by atoms with Crippen molar-refractivity contribution in [3.8, 4) is 5.88 Å². The van der Waals surface area contributed by atoms with Crippen LogP contribution in [0.25, 0.3) is 10.9 Å². The molecule has 0 aliphatic carbocycles. The van der Waals surface area contributed by atoms with Gasteiger partial charge in [0.2, 0.25) is 10.0 Å². The van der Waals surface area contributed by atoms with Gasteiger partial charge < -0.3 is 10.1 Å². The third-order valence-electron chi connectivity index (χ3n) is 3.56. The van der Waals surface area contributed by atoms with Gasteiger partial charge in [0.25, 0.3) is 0 Å². The molecule has 0 aliphatic heterocycles. The van der Waals surface area contributed by atoms with Crippen LogP contribution in [0.3, 0.4) is 0 Å². The normalized spacial score (nSPS) is 12.7. The summed E-state index contributed by atoms with van der Waals surface area (Å²) >= 11 is 6.02. The van der Waals surface area contributed by atoms with Crippen molar-refractivity contribution in [2.45, 2.75) is 11.8 Å². The number of hydrogen-bond donors (Lipinski definition) is 3. The summed E-state index contributed by atoms with van der Waals surface area (Å²) in [6.45, 7) is 1.75. The Labute approximate surface area is 143 Å². The number of H-pyrrole nitrogens is 1. The molecule has 8 heteroatoms. The Morgan fingerprint density at radius 1 is 1.21 bits per heavy atom. The molecule has 4 N–H and O–H groups in total. The molecule has 0 aliphatic rings. The predicted molar refractivity (Wildman–Crippen MR) is 94.7 cm³/mol. The first-order valence-corrected chi connectivity index (χ1v) is 8.87. The molecule has 0 amide bonds. The molecule has 1 aromatic heterocycles. The number of fused-ring (bicyclic) bond motifs is 1. The Morgan fingerprint density at radius 3 is 2.50 bits per heavy atom. The predicted octanol–water partition coefficient (Wildman–Crippen LogP) is 3.32. The summed E-state index contributed by atoms with van der Waals surface area (Å²) in [6, 6.07) is 11.1. The second kappa shape index (κ2) is 5.94. The zero-order valence-corrected chi connectivity index (χ0v) is 14.2. The quantitative estimate of drug-likeness (QED) is 0.621. The van der Waals surface area contributed by atoms with E-state index in [-0.39, 0.29) is 10.8 Å². The van der Waals surface area contributed by atoms with Crippen molar-refractivity contribution in [1.82, 2.24) is 4.98 Å². The molecule has 0 fully saturated rings. The number of nitrogens with one attached hydrogen (secondary N) is 1. The van der Waals surface area contributed by atoms with E-state index < -0.39 is 10.0 Å². The molecule has 3 rings (SSSR count). The van der Waals surface area contributed by atoms with Gasteiger partial charge in [0, 0.05) is 15.9 Å². The zero-order chi connectivity index (χ0) is 17.5. The number of aromatic nitrogens is 1. The number of primary sulfonamides is 1. The van der Waals surface area contributed by atoms with Gasteiger partial charge in [-0.3, -0.25) is 4.99 Å². The fraction of sp³-hybridized carbons (Fsp3) is 0.0625. The highest BCUT2D eigenvalue weighted by Crippen LogP contribution is 2.31. The summed E-state index contributed by atoms with van der Waals surface area (Å²) in [4.78, 5) is 7.31. The lowest BCUT2D eigenvalue weighted by Crippen LogP contribution is -2.11. The van der Waals surface area contributed by atoms with Crippen molar-refractivity contribution in [2.24, 2.45) is 10.1 Å². The maximum absolute atomic E-state index is 11.3. The lowest BCUT2D eigenvalue weighted by Gasteiger charge is -2.02. The van der Waals surface area contributed by atoms with E-state index in [9.17, 15) is 13.5 Å². The van der Waals surface area contributed by atoms with Gasteiger partial charge in [-0.05, 0) is 49.4 Å². The molecule has 0 spiro atoms. The summed E-state index contributed by atoms with van der Waals surface area (Å²) in [5.74, 6) is -0.00493. The van der Waals surface area contributed by atoms with Crippen molar-refractivity contribution < 1.29 is 13.5 Å². The Balaban J connectivity index is 2.05. The third kappa shape index (κ3) is 3.14. The second-order valence-corrected chi connectivity index (χ2v) is 7.27. The molecule has 124 valence electrons. The van der Waals surface area contributed by atoms with Crippen LogP contribution in [-0.2, 0) is 10.0 Å². The molecule has 0 bridgehead atoms. The summed E-state index contributed by atoms with van der Waals surface area (Å²) < 4.78 is 22.5. The average molecular weight is 364 g/mol. The first-order valence-electron chi connectivity index (χ1n) is 6.94. The molecule has 2 aromatic carbocycles. The monoisotopic (exact) mass is 363 g/mol. The van der Waals surface area contributed by atoms with Crippen molar-refractivity contribution in [2.75, 3.05) is 0 Å². The van der Waals surface area contributed by atoms with Crippen LogP contribution in [0.1, 0.15) is 12.5 Å². The fourth-order valence-electron chi connectivity index (χ4n) is 2.48. The molecule has 0 saturated heterocycles. The van der Waals surface area contributed by atoms with Crippen LogP contribution in [0.15, 0.2) is 52.4 Å². The highest BCUT2D eigenvalue weighted by Gasteiger charge is 2.14. The minimum atomic E-state index is -3.74. The molecular formula is C16H14ClN3O3S. The first kappa shape index (κ1) is 16.5. The molecule has 0 radical (unpaired) electrons. The maximum Gasteiger partial charge on any atom is 0.238 e. The number of nitrogens with two attached hydrogens (primary N) is 1. The van der Waals surface area contributed by atoms with E-state index in [1.807, 2.05) is 0 Å². The fourth-order valence-corrected chi connectivity index (χ4v) is 3.16. The number of hydrogen-bond acceptors (Lipinski definition) is 4. The molecule has 0 saturated carbocycles. The standard InChI is InChI=1S/C16H14ClN3O3S/c1-9(19-11-3-5-12(6-4-11)24(18,22)23)15-13-8-10(17)2-7-14(13)20-16(15)21/h2-8,20-21H,1H3,(H2,18,22,23). The molecule has 1 heterocycles. The molecule has 0 atom stereocenters. The minimum Gasteiger partial charge on any atom is -0.494 e. The third-order valence-corrected chi connectivity index (χ3v) is 4.73. The van der Waals surface area contributed by atoms with Crippen LogP contribution in [0.4, 0.5) is 5.69 Å². The highest BCUT2D eigenvalue weighted by atomic mass is 35.5. The first-order chi connectivity index (χ1) is 11.3. The lowest BCUT2D eigenvalue weighted by atomic mass is 10.1. The van der Waals surface area contributed by atoms with Gasteiger partial charge in [-0.15, -0.1) is 0 Å². The van der Waals surface area contributed by atoms with Crippen LogP contribution in [0.5, 0.6) is 5.88 Å². The SMILES string of the molecule is CC(=Nc1ccc(S(N)(=O)=O)cc1)c1c(O)[nH]c2ccc(Cl)cc12. The highest BCUT2D eigenvalue weighted by molar-refractivity contribution is 7.89. The van der Waals surface area contributed by atoms with Crippen molar-refractivity contribution in [1.29, 1.82) is 0 Å². The summed E-state index contributed by atoms with van der Waals surface area (Å²) in [5.41, 5.74) is 2.38. The number of halogens is 1. The number of rotatable bonds is 3. The number of aliphatic imine (C=N–C) groups is 1. The van der Waals surface area contributed by atoms with Crippen LogP contribution < -0.4 is 5.14 Å². The van der Waals surface area contributed by atoms with Crippen LogP contribution in [-0.4, -0.2) is 24.2 Å². The molecular weight excluding hydrogens is 350 g/mol. The van der Waals surface area contributed by atoms with Crippen molar-refractivity contribution >= 4 is 43.9 Å². The van der Waals surface area contributed by atoms with Crippen LogP contribution in [0.2, 0.25) is 5.02 Å². The van der Waals surface area contributed by atoms with Gasteiger partial charge in [-0.1, -0.05) is 11.6 Å². The van der Waals surface area contributed by atoms with E-state index in [1.165, 1.54) is 12.1 Å². The summed E-state index contributed by atoms with van der Waals surface area (Å²) in [7, 11) is -3.74. The van der Waals surface area contributed by atoms with Crippen LogP contribution >= 0.6 is 11.6 Å². The summed E-state index contributed by atoms with van der Waals surface area (Å²) in [5, 5.41) is 16.5. The van der Waals surface area contributed by atoms with Crippen molar-refractivity contribution in [3.63, 3.8) is 0 Å². The Kier molecular flexibility index (Phi) is 4.08. The number of benzene rings is 2. The van der Waals surface area contributed by atoms with Gasteiger partial charge >= 0.3 is 0 Å². The van der Waals surface area contributed by atoms with E-state index in [0.29, 0.717) is 22.0 Å². The van der Waals surface area contributed by atoms with Crippen LogP contribution in [0, 0.1) is 0 Å². The van der Waals surface area contributed by atoms with Crippen molar-refractivity contribution in [3.05, 3.63) is 53.1 Å². The van der Waals surface area contributed by atoms with Gasteiger partial charge in [0.05, 0.1) is 21.9 Å². The topological polar surface area (TPSA) is 109 Å². The van der Waals surface area contributed by atoms with E-state index in [0.717, 1.165) is 10.9 Å².